The summed E-state index contributed by atoms with van der Waals surface area (Å²) in [6.07, 6.45) is 10.7. The van der Waals surface area contributed by atoms with Gasteiger partial charge in [-0.2, -0.15) is 0 Å². The molecule has 0 aromatic heterocycles. The molecule has 0 heterocycles. The molecule has 0 radical (unpaired) electrons. The van der Waals surface area contributed by atoms with Crippen molar-refractivity contribution in [3.63, 3.8) is 0 Å². The van der Waals surface area contributed by atoms with Crippen LogP contribution in [-0.4, -0.2) is 30.9 Å². The van der Waals surface area contributed by atoms with E-state index in [-0.39, 0.29) is 13.0 Å². The lowest BCUT2D eigenvalue weighted by Gasteiger charge is -2.04. The van der Waals surface area contributed by atoms with E-state index in [0.29, 0.717) is 0 Å². The molecule has 0 bridgehead atoms. The van der Waals surface area contributed by atoms with Gasteiger partial charge in [0.15, 0.2) is 0 Å². The summed E-state index contributed by atoms with van der Waals surface area (Å²) in [5.41, 5.74) is 0. The minimum Gasteiger partial charge on any atom is -0.550 e. The van der Waals surface area contributed by atoms with Crippen LogP contribution in [0.15, 0.2) is 0 Å². The molecule has 0 aliphatic heterocycles. The number of hydrogen-bond donors (Lipinski definition) is 1. The van der Waals surface area contributed by atoms with Crippen LogP contribution in [-0.2, 0) is 9.53 Å². The van der Waals surface area contributed by atoms with E-state index >= 15 is 0 Å². The van der Waals surface area contributed by atoms with Crippen LogP contribution in [0.25, 0.3) is 0 Å². The molecule has 0 spiro atoms. The highest BCUT2D eigenvalue weighted by Crippen LogP contribution is 2.08. The third-order valence-electron chi connectivity index (χ3n) is 3.12. The Labute approximate surface area is 117 Å². The van der Waals surface area contributed by atoms with Gasteiger partial charge in [0.05, 0.1) is 0 Å². The highest BCUT2D eigenvalue weighted by atomic mass is 16.5. The van der Waals surface area contributed by atoms with Gasteiger partial charge in [-0.25, -0.2) is 0 Å². The summed E-state index contributed by atoms with van der Waals surface area (Å²) in [6.45, 7) is 1.93. The van der Waals surface area contributed by atoms with Gasteiger partial charge in [0.1, 0.15) is 0 Å². The first kappa shape index (κ1) is 18.4. The van der Waals surface area contributed by atoms with Crippen molar-refractivity contribution in [1.82, 2.24) is 0 Å². The maximum absolute atomic E-state index is 10.2. The zero-order valence-electron chi connectivity index (χ0n) is 12.1. The number of aliphatic hydroxyl groups excluding tert-OH is 1. The molecule has 19 heavy (non-hydrogen) atoms. The molecule has 0 aromatic carbocycles. The molecule has 0 saturated heterocycles. The fourth-order valence-electron chi connectivity index (χ4n) is 1.95. The number of hydrogen-bond acceptors (Lipinski definition) is 4. The van der Waals surface area contributed by atoms with Crippen molar-refractivity contribution in [2.45, 2.75) is 70.6 Å². The molecule has 0 unspecified atom stereocenters. The quantitative estimate of drug-likeness (QED) is 0.464. The van der Waals surface area contributed by atoms with E-state index in [1.54, 1.807) is 0 Å². The molecule has 0 amide bonds. The van der Waals surface area contributed by atoms with Crippen LogP contribution in [0.3, 0.4) is 0 Å². The lowest BCUT2D eigenvalue weighted by atomic mass is 10.1. The van der Waals surface area contributed by atoms with Gasteiger partial charge in [0, 0.05) is 25.8 Å². The second-order valence-corrected chi connectivity index (χ2v) is 4.99. The van der Waals surface area contributed by atoms with Gasteiger partial charge in [0.2, 0.25) is 0 Å². The number of aliphatic hydroxyl groups is 1. The van der Waals surface area contributed by atoms with Crippen molar-refractivity contribution in [2.24, 2.45) is 0 Å². The highest BCUT2D eigenvalue weighted by molar-refractivity contribution is 5.63. The zero-order chi connectivity index (χ0) is 14.2. The summed E-state index contributed by atoms with van der Waals surface area (Å²) in [4.78, 5) is 10.2. The predicted molar refractivity (Wildman–Crippen MR) is 73.7 cm³/mol. The van der Waals surface area contributed by atoms with Crippen molar-refractivity contribution in [3.05, 3.63) is 0 Å². The number of rotatable bonds is 15. The minimum absolute atomic E-state index is 0.199. The first-order chi connectivity index (χ1) is 9.27. The summed E-state index contributed by atoms with van der Waals surface area (Å²) in [5, 5.41) is 18.8. The first-order valence-electron chi connectivity index (χ1n) is 7.66. The van der Waals surface area contributed by atoms with Crippen LogP contribution in [0.2, 0.25) is 0 Å². The smallest absolute Gasteiger partial charge is 0.0466 e. The van der Waals surface area contributed by atoms with Crippen molar-refractivity contribution >= 4 is 5.97 Å². The van der Waals surface area contributed by atoms with E-state index < -0.39 is 5.97 Å². The molecule has 0 rings (SSSR count). The second-order valence-electron chi connectivity index (χ2n) is 4.99. The second kappa shape index (κ2) is 15.4. The summed E-state index contributed by atoms with van der Waals surface area (Å²) >= 11 is 0. The lowest BCUT2D eigenvalue weighted by molar-refractivity contribution is -0.305. The summed E-state index contributed by atoms with van der Waals surface area (Å²) in [7, 11) is 0. The van der Waals surface area contributed by atoms with Crippen LogP contribution in [0.4, 0.5) is 0 Å². The van der Waals surface area contributed by atoms with Gasteiger partial charge in [-0.15, -0.1) is 0 Å². The largest absolute Gasteiger partial charge is 0.550 e. The highest BCUT2D eigenvalue weighted by Gasteiger charge is 1.94. The molecule has 1 N–H and O–H groups in total. The third kappa shape index (κ3) is 17.4. The monoisotopic (exact) mass is 273 g/mol. The average Bonchev–Trinajstić information content (AvgIpc) is 2.39. The summed E-state index contributed by atoms with van der Waals surface area (Å²) in [5.74, 6) is -0.934. The SMILES string of the molecule is O=C([O-])CCCCCCCCCOCCCCCO. The van der Waals surface area contributed by atoms with Gasteiger partial charge in [-0.05, 0) is 38.5 Å². The Bertz CT molecular complexity index is 195. The molecule has 4 nitrogen and oxygen atoms in total. The molecule has 0 aliphatic rings. The van der Waals surface area contributed by atoms with Crippen LogP contribution < -0.4 is 5.11 Å². The molecule has 0 aromatic rings. The van der Waals surface area contributed by atoms with E-state index in [9.17, 15) is 9.90 Å². The van der Waals surface area contributed by atoms with E-state index in [2.05, 4.69) is 0 Å². The maximum atomic E-state index is 10.2. The Morgan fingerprint density at radius 1 is 0.789 bits per heavy atom. The number of aliphatic carboxylic acids is 1. The molecular formula is C15H29O4-. The normalized spacial score (nSPS) is 10.8. The fourth-order valence-corrected chi connectivity index (χ4v) is 1.95. The molecule has 0 fully saturated rings. The van der Waals surface area contributed by atoms with Crippen molar-refractivity contribution in [2.75, 3.05) is 19.8 Å². The van der Waals surface area contributed by atoms with E-state index in [4.69, 9.17) is 9.84 Å². The van der Waals surface area contributed by atoms with E-state index in [1.807, 2.05) is 0 Å². The minimum atomic E-state index is -0.934. The number of unbranched alkanes of at least 4 members (excludes halogenated alkanes) is 8. The summed E-state index contributed by atoms with van der Waals surface area (Å²) < 4.78 is 5.50. The van der Waals surface area contributed by atoms with E-state index in [1.165, 1.54) is 19.3 Å². The number of carbonyl (C=O) groups excluding carboxylic acids is 1. The van der Waals surface area contributed by atoms with Crippen LogP contribution >= 0.6 is 0 Å². The summed E-state index contributed by atoms with van der Waals surface area (Å²) in [6, 6.07) is 0. The van der Waals surface area contributed by atoms with Gasteiger partial charge >= 0.3 is 0 Å². The van der Waals surface area contributed by atoms with Crippen LogP contribution in [0.1, 0.15) is 70.6 Å². The Morgan fingerprint density at radius 3 is 1.79 bits per heavy atom. The van der Waals surface area contributed by atoms with E-state index in [0.717, 1.165) is 58.2 Å². The maximum Gasteiger partial charge on any atom is 0.0466 e. The molecular weight excluding hydrogens is 244 g/mol. The van der Waals surface area contributed by atoms with Crippen molar-refractivity contribution < 1.29 is 19.7 Å². The van der Waals surface area contributed by atoms with Gasteiger partial charge in [-0.1, -0.05) is 32.1 Å². The van der Waals surface area contributed by atoms with Crippen molar-refractivity contribution in [3.8, 4) is 0 Å². The Kier molecular flexibility index (Phi) is 15.0. The average molecular weight is 273 g/mol. The zero-order valence-corrected chi connectivity index (χ0v) is 12.1. The standard InChI is InChI=1S/C15H30O4/c16-12-8-6-10-14-19-13-9-5-3-1-2-4-7-11-15(17)18/h16H,1-14H2,(H,17,18)/p-1. The molecule has 0 aliphatic carbocycles. The fraction of sp³-hybridized carbons (Fsp3) is 0.933. The third-order valence-corrected chi connectivity index (χ3v) is 3.12. The number of ether oxygens (including phenoxy) is 1. The Morgan fingerprint density at radius 2 is 1.26 bits per heavy atom. The number of carboxylic acid groups (broad SMARTS) is 1. The van der Waals surface area contributed by atoms with Gasteiger partial charge < -0.3 is 19.7 Å². The Hall–Kier alpha value is -0.610. The number of carboxylic acids is 1. The predicted octanol–water partition coefficient (Wildman–Crippen LogP) is 2.04. The first-order valence-corrected chi connectivity index (χ1v) is 7.66. The van der Waals surface area contributed by atoms with Crippen LogP contribution in [0, 0.1) is 0 Å². The van der Waals surface area contributed by atoms with Gasteiger partial charge in [0.25, 0.3) is 0 Å². The molecule has 4 heteroatoms. The molecule has 114 valence electrons. The number of carbonyl (C=O) groups is 1. The topological polar surface area (TPSA) is 69.6 Å². The molecule has 0 saturated carbocycles. The van der Waals surface area contributed by atoms with Crippen LogP contribution in [0.5, 0.6) is 0 Å². The van der Waals surface area contributed by atoms with Crippen molar-refractivity contribution in [1.29, 1.82) is 0 Å². The van der Waals surface area contributed by atoms with Gasteiger partial charge in [-0.3, -0.25) is 0 Å². The Balaban J connectivity index is 2.93. The lowest BCUT2D eigenvalue weighted by Crippen LogP contribution is -2.21. The molecule has 0 atom stereocenters.